The van der Waals surface area contributed by atoms with Gasteiger partial charge in [-0.3, -0.25) is 4.79 Å². The molecule has 2 aliphatic rings. The maximum atomic E-state index is 14.9. The minimum Gasteiger partial charge on any atom is -0.507 e. The first-order chi connectivity index (χ1) is 14.4. The van der Waals surface area contributed by atoms with E-state index in [1.807, 2.05) is 11.9 Å². The van der Waals surface area contributed by atoms with E-state index in [4.69, 9.17) is 4.42 Å². The minimum atomic E-state index is -1.01. The Hall–Kier alpha value is -3.03. The van der Waals surface area contributed by atoms with Crippen molar-refractivity contribution in [3.8, 4) is 17.0 Å². The zero-order valence-electron chi connectivity index (χ0n) is 16.4. The molecule has 2 heterocycles. The number of fused-ring (bicyclic) bond motifs is 3. The average molecular weight is 413 g/mol. The standard InChI is InChI=1S/C22H21F2N3O3/c1-27(16-7-11-2-3-12(6-11)22(16)24)21-5-4-15(25-26-21)13-9-19-14(8-17(13)28)18(29)10-20(23)30-19/h4-5,8-12,16,22,28H,2-3,6-7H2,1H3/t11-,12+,16+,22-/m1/s1. The van der Waals surface area contributed by atoms with E-state index in [-0.39, 0.29) is 34.2 Å². The third-order valence-corrected chi connectivity index (χ3v) is 6.58. The van der Waals surface area contributed by atoms with Crippen molar-refractivity contribution in [1.29, 1.82) is 0 Å². The monoisotopic (exact) mass is 413 g/mol. The average Bonchev–Trinajstić information content (AvgIpc) is 3.14. The Balaban J connectivity index is 1.45. The normalized spacial score (nSPS) is 25.6. The third-order valence-electron chi connectivity index (χ3n) is 6.58. The van der Waals surface area contributed by atoms with Crippen LogP contribution in [0.5, 0.6) is 5.75 Å². The van der Waals surface area contributed by atoms with Crippen LogP contribution in [0.3, 0.4) is 0 Å². The van der Waals surface area contributed by atoms with Gasteiger partial charge in [0.1, 0.15) is 17.5 Å². The lowest BCUT2D eigenvalue weighted by atomic mass is 9.83. The Labute approximate surface area is 171 Å². The lowest BCUT2D eigenvalue weighted by Gasteiger charge is -2.38. The molecule has 2 bridgehead atoms. The maximum absolute atomic E-state index is 14.9. The molecule has 6 nitrogen and oxygen atoms in total. The molecular formula is C22H21F2N3O3. The zero-order valence-corrected chi connectivity index (χ0v) is 16.4. The van der Waals surface area contributed by atoms with Crippen molar-refractivity contribution in [2.75, 3.05) is 11.9 Å². The van der Waals surface area contributed by atoms with E-state index in [2.05, 4.69) is 10.2 Å². The van der Waals surface area contributed by atoms with Crippen LogP contribution in [0.4, 0.5) is 14.6 Å². The number of rotatable bonds is 3. The van der Waals surface area contributed by atoms with E-state index >= 15 is 0 Å². The van der Waals surface area contributed by atoms with Crippen molar-refractivity contribution in [2.45, 2.75) is 37.9 Å². The lowest BCUT2D eigenvalue weighted by molar-refractivity contribution is 0.144. The summed E-state index contributed by atoms with van der Waals surface area (Å²) in [5.41, 5.74) is 0.0191. The molecule has 0 unspecified atom stereocenters. The number of nitrogens with zero attached hydrogens (tertiary/aromatic N) is 3. The van der Waals surface area contributed by atoms with Gasteiger partial charge in [0.05, 0.1) is 23.2 Å². The van der Waals surface area contributed by atoms with Crippen LogP contribution in [0.1, 0.15) is 25.7 Å². The quantitative estimate of drug-likeness (QED) is 0.698. The highest BCUT2D eigenvalue weighted by Gasteiger charge is 2.44. The summed E-state index contributed by atoms with van der Waals surface area (Å²) in [6.07, 6.45) is 2.97. The molecule has 2 fully saturated rings. The van der Waals surface area contributed by atoms with Crippen LogP contribution in [0, 0.1) is 17.8 Å². The Kier molecular flexibility index (Phi) is 4.45. The van der Waals surface area contributed by atoms with Crippen molar-refractivity contribution in [2.24, 2.45) is 11.8 Å². The maximum Gasteiger partial charge on any atom is 0.282 e. The van der Waals surface area contributed by atoms with Crippen molar-refractivity contribution in [3.05, 3.63) is 46.6 Å². The number of phenols is 1. The SMILES string of the molecule is CN(c1ccc(-c2cc3oc(F)cc(=O)c3cc2O)nn1)[C@H]1C[C@@H]2CC[C@@H](C2)[C@H]1F. The Morgan fingerprint density at radius 2 is 2.00 bits per heavy atom. The third kappa shape index (κ3) is 3.11. The first kappa shape index (κ1) is 19.0. The van der Waals surface area contributed by atoms with Gasteiger partial charge in [0, 0.05) is 12.6 Å². The summed E-state index contributed by atoms with van der Waals surface area (Å²) in [6.45, 7) is 0. The second-order valence-electron chi connectivity index (χ2n) is 8.35. The number of hydrogen-bond acceptors (Lipinski definition) is 6. The van der Waals surface area contributed by atoms with Gasteiger partial charge < -0.3 is 14.4 Å². The smallest absolute Gasteiger partial charge is 0.282 e. The first-order valence-corrected chi connectivity index (χ1v) is 10.1. The van der Waals surface area contributed by atoms with Gasteiger partial charge in [0.15, 0.2) is 11.2 Å². The molecule has 0 amide bonds. The van der Waals surface area contributed by atoms with E-state index < -0.39 is 17.6 Å². The summed E-state index contributed by atoms with van der Waals surface area (Å²) < 4.78 is 33.3. The van der Waals surface area contributed by atoms with Gasteiger partial charge in [-0.25, -0.2) is 4.39 Å². The number of hydrogen-bond donors (Lipinski definition) is 1. The predicted octanol–water partition coefficient (Wildman–Crippen LogP) is 4.06. The van der Waals surface area contributed by atoms with Crippen LogP contribution in [0.15, 0.2) is 39.5 Å². The molecule has 3 aromatic rings. The topological polar surface area (TPSA) is 79.5 Å². The van der Waals surface area contributed by atoms with Gasteiger partial charge in [-0.15, -0.1) is 10.2 Å². The highest BCUT2D eigenvalue weighted by Crippen LogP contribution is 2.45. The number of halogens is 2. The van der Waals surface area contributed by atoms with Crippen LogP contribution < -0.4 is 10.3 Å². The first-order valence-electron chi connectivity index (χ1n) is 10.1. The molecule has 1 aromatic carbocycles. The number of aromatic hydroxyl groups is 1. The van der Waals surface area contributed by atoms with Crippen molar-refractivity contribution in [3.63, 3.8) is 0 Å². The number of phenolic OH excluding ortho intramolecular Hbond substituents is 1. The summed E-state index contributed by atoms with van der Waals surface area (Å²) >= 11 is 0. The fourth-order valence-electron chi connectivity index (χ4n) is 4.97. The van der Waals surface area contributed by atoms with E-state index in [1.54, 1.807) is 12.1 Å². The minimum absolute atomic E-state index is 0.00810. The van der Waals surface area contributed by atoms with Gasteiger partial charge >= 0.3 is 0 Å². The van der Waals surface area contributed by atoms with Crippen molar-refractivity contribution >= 4 is 16.8 Å². The Bertz CT molecular complexity index is 1160. The Morgan fingerprint density at radius 3 is 2.77 bits per heavy atom. The van der Waals surface area contributed by atoms with E-state index in [0.717, 1.165) is 31.7 Å². The summed E-state index contributed by atoms with van der Waals surface area (Å²) in [7, 11) is 1.83. The van der Waals surface area contributed by atoms with E-state index in [9.17, 15) is 18.7 Å². The molecule has 5 rings (SSSR count). The number of aromatic nitrogens is 2. The molecule has 4 atom stereocenters. The van der Waals surface area contributed by atoms with E-state index in [0.29, 0.717) is 17.4 Å². The van der Waals surface area contributed by atoms with Gasteiger partial charge in [-0.05, 0) is 61.8 Å². The van der Waals surface area contributed by atoms with E-state index in [1.165, 1.54) is 12.1 Å². The predicted molar refractivity (Wildman–Crippen MR) is 108 cm³/mol. The summed E-state index contributed by atoms with van der Waals surface area (Å²) in [4.78, 5) is 13.7. The summed E-state index contributed by atoms with van der Waals surface area (Å²) in [5.74, 6) is 1.06. The molecule has 2 aromatic heterocycles. The number of benzene rings is 1. The molecule has 0 spiro atoms. The second-order valence-corrected chi connectivity index (χ2v) is 8.35. The summed E-state index contributed by atoms with van der Waals surface area (Å²) in [5, 5.41) is 18.8. The highest BCUT2D eigenvalue weighted by molar-refractivity contribution is 5.85. The molecule has 1 N–H and O–H groups in total. The summed E-state index contributed by atoms with van der Waals surface area (Å²) in [6, 6.07) is 5.46. The molecular weight excluding hydrogens is 392 g/mol. The number of anilines is 1. The molecule has 156 valence electrons. The van der Waals surface area contributed by atoms with Gasteiger partial charge in [0.2, 0.25) is 0 Å². The van der Waals surface area contributed by atoms with Crippen LogP contribution in [-0.2, 0) is 0 Å². The highest BCUT2D eigenvalue weighted by atomic mass is 19.1. The zero-order chi connectivity index (χ0) is 21.0. The van der Waals surface area contributed by atoms with Crippen molar-refractivity contribution in [1.82, 2.24) is 10.2 Å². The second kappa shape index (κ2) is 7.04. The largest absolute Gasteiger partial charge is 0.507 e. The molecule has 2 saturated carbocycles. The molecule has 0 radical (unpaired) electrons. The van der Waals surface area contributed by atoms with Crippen LogP contribution in [0.25, 0.3) is 22.2 Å². The molecule has 0 aliphatic heterocycles. The fourth-order valence-corrected chi connectivity index (χ4v) is 4.97. The Morgan fingerprint density at radius 1 is 1.17 bits per heavy atom. The van der Waals surface area contributed by atoms with Gasteiger partial charge in [-0.1, -0.05) is 0 Å². The lowest BCUT2D eigenvalue weighted by Crippen LogP contribution is -2.46. The molecule has 0 saturated heterocycles. The van der Waals surface area contributed by atoms with Crippen LogP contribution >= 0.6 is 0 Å². The van der Waals surface area contributed by atoms with Crippen LogP contribution in [0.2, 0.25) is 0 Å². The van der Waals surface area contributed by atoms with Crippen molar-refractivity contribution < 1.29 is 18.3 Å². The van der Waals surface area contributed by atoms with Crippen LogP contribution in [-0.4, -0.2) is 34.6 Å². The molecule has 2 aliphatic carbocycles. The molecule has 8 heteroatoms. The number of alkyl halides is 1. The van der Waals surface area contributed by atoms with Gasteiger partial charge in [-0.2, -0.15) is 4.39 Å². The molecule has 30 heavy (non-hydrogen) atoms. The fraction of sp³-hybridized carbons (Fsp3) is 0.409. The van der Waals surface area contributed by atoms with Gasteiger partial charge in [0.25, 0.3) is 6.01 Å².